The third-order valence-corrected chi connectivity index (χ3v) is 4.34. The Morgan fingerprint density at radius 3 is 1.67 bits per heavy atom. The van der Waals surface area contributed by atoms with Gasteiger partial charge in [0, 0.05) is 16.3 Å². The molecule has 136 valence electrons. The molecule has 7 heteroatoms. The number of carbonyl (C=O) groups excluding carboxylic acids is 2. The predicted molar refractivity (Wildman–Crippen MR) is 102 cm³/mol. The predicted octanol–water partition coefficient (Wildman–Crippen LogP) is 4.69. The van der Waals surface area contributed by atoms with E-state index in [1.807, 2.05) is 5.38 Å². The summed E-state index contributed by atoms with van der Waals surface area (Å²) in [6, 6.07) is 14.0. The highest BCUT2D eigenvalue weighted by atomic mass is 32.1. The molecule has 0 fully saturated rings. The molecule has 0 spiro atoms. The van der Waals surface area contributed by atoms with Gasteiger partial charge < -0.3 is 10.6 Å². The van der Waals surface area contributed by atoms with Gasteiger partial charge in [0.2, 0.25) is 0 Å². The van der Waals surface area contributed by atoms with Crippen LogP contribution in [-0.2, 0) is 9.59 Å². The smallest absolute Gasteiger partial charge is 0.261 e. The maximum atomic E-state index is 13.0. The lowest BCUT2D eigenvalue weighted by Gasteiger charge is -2.10. The number of halogens is 2. The van der Waals surface area contributed by atoms with Crippen LogP contribution in [0.3, 0.4) is 0 Å². The van der Waals surface area contributed by atoms with Gasteiger partial charge in [-0.1, -0.05) is 6.07 Å². The fraction of sp³-hybridized carbons (Fsp3) is 0. The molecule has 0 saturated heterocycles. The highest BCUT2D eigenvalue weighted by molar-refractivity contribution is 7.10. The molecule has 0 saturated carbocycles. The molecule has 0 aliphatic rings. The molecule has 27 heavy (non-hydrogen) atoms. The summed E-state index contributed by atoms with van der Waals surface area (Å²) in [4.78, 5) is 26.0. The first kappa shape index (κ1) is 18.5. The van der Waals surface area contributed by atoms with Crippen molar-refractivity contribution in [3.05, 3.63) is 88.1 Å². The zero-order valence-electron chi connectivity index (χ0n) is 13.9. The van der Waals surface area contributed by atoms with Gasteiger partial charge in [-0.2, -0.15) is 0 Å². The number of hydrogen-bond acceptors (Lipinski definition) is 3. The Hall–Kier alpha value is -3.32. The van der Waals surface area contributed by atoms with E-state index >= 15 is 0 Å². The van der Waals surface area contributed by atoms with Crippen LogP contribution in [0.2, 0.25) is 0 Å². The van der Waals surface area contributed by atoms with Crippen molar-refractivity contribution in [1.29, 1.82) is 0 Å². The van der Waals surface area contributed by atoms with Gasteiger partial charge in [0.25, 0.3) is 11.8 Å². The fourth-order valence-corrected chi connectivity index (χ4v) is 2.87. The molecule has 0 aliphatic heterocycles. The molecule has 4 nitrogen and oxygen atoms in total. The molecule has 0 unspecified atom stereocenters. The third-order valence-electron chi connectivity index (χ3n) is 3.52. The number of nitrogens with one attached hydrogen (secondary N) is 2. The van der Waals surface area contributed by atoms with Gasteiger partial charge in [-0.25, -0.2) is 8.78 Å². The van der Waals surface area contributed by atoms with Gasteiger partial charge in [-0.15, -0.1) is 11.3 Å². The summed E-state index contributed by atoms with van der Waals surface area (Å²) in [6.07, 6.45) is 1.46. The highest BCUT2D eigenvalue weighted by Crippen LogP contribution is 2.18. The van der Waals surface area contributed by atoms with Gasteiger partial charge in [0.1, 0.15) is 17.2 Å². The first-order chi connectivity index (χ1) is 13.0. The van der Waals surface area contributed by atoms with E-state index < -0.39 is 23.4 Å². The van der Waals surface area contributed by atoms with Crippen LogP contribution < -0.4 is 10.6 Å². The lowest BCUT2D eigenvalue weighted by molar-refractivity contribution is -0.118. The maximum absolute atomic E-state index is 13.0. The molecule has 2 amide bonds. The van der Waals surface area contributed by atoms with Crippen molar-refractivity contribution in [2.75, 3.05) is 10.6 Å². The van der Waals surface area contributed by atoms with Crippen LogP contribution in [0, 0.1) is 11.6 Å². The molecule has 1 aromatic heterocycles. The largest absolute Gasteiger partial charge is 0.322 e. The van der Waals surface area contributed by atoms with Crippen LogP contribution in [0.5, 0.6) is 0 Å². The number of rotatable bonds is 5. The zero-order valence-corrected chi connectivity index (χ0v) is 14.7. The topological polar surface area (TPSA) is 58.2 Å². The number of amides is 2. The monoisotopic (exact) mass is 384 g/mol. The second-order valence-corrected chi connectivity index (χ2v) is 6.47. The van der Waals surface area contributed by atoms with E-state index in [0.29, 0.717) is 16.3 Å². The molecule has 2 aromatic carbocycles. The molecule has 1 heterocycles. The van der Waals surface area contributed by atoms with Crippen LogP contribution in [-0.4, -0.2) is 11.8 Å². The summed E-state index contributed by atoms with van der Waals surface area (Å²) in [5.74, 6) is -2.16. The molecule has 0 bridgehead atoms. The highest BCUT2D eigenvalue weighted by Gasteiger charge is 2.19. The van der Waals surface area contributed by atoms with Gasteiger partial charge in [-0.3, -0.25) is 9.59 Å². The fourth-order valence-electron chi connectivity index (χ4n) is 2.21. The van der Waals surface area contributed by atoms with Crippen molar-refractivity contribution in [3.8, 4) is 0 Å². The van der Waals surface area contributed by atoms with E-state index in [-0.39, 0.29) is 5.57 Å². The molecule has 2 N–H and O–H groups in total. The Morgan fingerprint density at radius 1 is 0.778 bits per heavy atom. The van der Waals surface area contributed by atoms with Crippen LogP contribution in [0.4, 0.5) is 20.2 Å². The Bertz CT molecular complexity index is 905. The van der Waals surface area contributed by atoms with Crippen molar-refractivity contribution >= 4 is 40.6 Å². The molecular formula is C20H14F2N2O2S. The zero-order chi connectivity index (χ0) is 19.2. The van der Waals surface area contributed by atoms with Crippen LogP contribution >= 0.6 is 11.3 Å². The number of anilines is 2. The van der Waals surface area contributed by atoms with E-state index in [0.717, 1.165) is 0 Å². The summed E-state index contributed by atoms with van der Waals surface area (Å²) >= 11 is 1.37. The average Bonchev–Trinajstić information content (AvgIpc) is 3.16. The second-order valence-electron chi connectivity index (χ2n) is 5.50. The van der Waals surface area contributed by atoms with Crippen molar-refractivity contribution in [1.82, 2.24) is 0 Å². The molecule has 3 aromatic rings. The summed E-state index contributed by atoms with van der Waals surface area (Å²) in [7, 11) is 0. The summed E-state index contributed by atoms with van der Waals surface area (Å²) in [5, 5.41) is 6.95. The minimum Gasteiger partial charge on any atom is -0.322 e. The molecule has 0 atom stereocenters. The standard InChI is InChI=1S/C20H14F2N2O2S/c21-13-3-7-15(8-4-13)23-19(25)18(12-17-2-1-11-27-17)20(26)24-16-9-5-14(22)6-10-16/h1-12H,(H,23,25)(H,24,26). The minimum absolute atomic E-state index is 0.133. The third kappa shape index (κ3) is 5.08. The second kappa shape index (κ2) is 8.37. The molecular weight excluding hydrogens is 370 g/mol. The van der Waals surface area contributed by atoms with Crippen LogP contribution in [0.15, 0.2) is 71.6 Å². The summed E-state index contributed by atoms with van der Waals surface area (Å²) < 4.78 is 26.0. The number of hydrogen-bond donors (Lipinski definition) is 2. The average molecular weight is 384 g/mol. The van der Waals surface area contributed by atoms with Gasteiger partial charge in [0.15, 0.2) is 0 Å². The van der Waals surface area contributed by atoms with Crippen molar-refractivity contribution in [2.45, 2.75) is 0 Å². The van der Waals surface area contributed by atoms with E-state index in [2.05, 4.69) is 10.6 Å². The first-order valence-corrected chi connectivity index (χ1v) is 8.78. The summed E-state index contributed by atoms with van der Waals surface area (Å²) in [5.41, 5.74) is 0.576. The lowest BCUT2D eigenvalue weighted by Crippen LogP contribution is -2.25. The Balaban J connectivity index is 1.83. The van der Waals surface area contributed by atoms with Gasteiger partial charge >= 0.3 is 0 Å². The van der Waals surface area contributed by atoms with Crippen LogP contribution in [0.25, 0.3) is 6.08 Å². The normalized spacial score (nSPS) is 10.1. The van der Waals surface area contributed by atoms with E-state index in [4.69, 9.17) is 0 Å². The SMILES string of the molecule is O=C(Nc1ccc(F)cc1)C(=Cc1cccs1)C(=O)Nc1ccc(F)cc1. The maximum Gasteiger partial charge on any atom is 0.261 e. The minimum atomic E-state index is -0.644. The van der Waals surface area contributed by atoms with E-state index in [9.17, 15) is 18.4 Å². The first-order valence-electron chi connectivity index (χ1n) is 7.90. The van der Waals surface area contributed by atoms with E-state index in [1.54, 1.807) is 12.1 Å². The van der Waals surface area contributed by atoms with Crippen molar-refractivity contribution < 1.29 is 18.4 Å². The summed E-state index contributed by atoms with van der Waals surface area (Å²) in [6.45, 7) is 0. The molecule has 0 radical (unpaired) electrons. The van der Waals surface area contributed by atoms with Crippen molar-refractivity contribution in [2.24, 2.45) is 0 Å². The lowest BCUT2D eigenvalue weighted by atomic mass is 10.1. The molecule has 0 aliphatic carbocycles. The van der Waals surface area contributed by atoms with Gasteiger partial charge in [-0.05, 0) is 66.1 Å². The van der Waals surface area contributed by atoms with Crippen LogP contribution in [0.1, 0.15) is 4.88 Å². The van der Waals surface area contributed by atoms with E-state index in [1.165, 1.54) is 65.9 Å². The number of thiophene rings is 1. The quantitative estimate of drug-likeness (QED) is 0.381. The molecule has 3 rings (SSSR count). The number of benzene rings is 2. The Morgan fingerprint density at radius 2 is 1.26 bits per heavy atom. The Kier molecular flexibility index (Phi) is 5.73. The van der Waals surface area contributed by atoms with Gasteiger partial charge in [0.05, 0.1) is 0 Å². The van der Waals surface area contributed by atoms with Crippen molar-refractivity contribution in [3.63, 3.8) is 0 Å². The Labute approximate surface area is 158 Å². The number of carbonyl (C=O) groups is 2.